The summed E-state index contributed by atoms with van der Waals surface area (Å²) in [6, 6.07) is 20.0. The van der Waals surface area contributed by atoms with E-state index in [0.29, 0.717) is 27.9 Å². The van der Waals surface area contributed by atoms with E-state index < -0.39 is 21.7 Å². The van der Waals surface area contributed by atoms with Crippen molar-refractivity contribution in [2.75, 3.05) is 4.72 Å². The molecule has 39 heavy (non-hydrogen) atoms. The molecule has 0 radical (unpaired) electrons. The number of pyridine rings is 1. The van der Waals surface area contributed by atoms with E-state index in [-0.39, 0.29) is 21.2 Å². The molecule has 196 valence electrons. The molecule has 5 rings (SSSR count). The maximum Gasteiger partial charge on any atom is 0.273 e. The van der Waals surface area contributed by atoms with E-state index in [2.05, 4.69) is 15.2 Å². The number of sulfonamides is 1. The number of aromatic nitrogens is 1. The van der Waals surface area contributed by atoms with Crippen LogP contribution in [0.3, 0.4) is 0 Å². The predicted molar refractivity (Wildman–Crippen MR) is 149 cm³/mol. The smallest absolute Gasteiger partial charge is 0.273 e. The van der Waals surface area contributed by atoms with Gasteiger partial charge in [-0.25, -0.2) is 18.2 Å². The summed E-state index contributed by atoms with van der Waals surface area (Å²) in [6.07, 6.45) is 3.17. The zero-order chi connectivity index (χ0) is 27.6. The van der Waals surface area contributed by atoms with E-state index in [1.54, 1.807) is 47.2 Å². The van der Waals surface area contributed by atoms with Crippen LogP contribution in [0.2, 0.25) is 0 Å². The molecular weight excluding hydrogens is 539 g/mol. The quantitative estimate of drug-likeness (QED) is 0.154. The van der Waals surface area contributed by atoms with Crippen molar-refractivity contribution in [3.8, 4) is 0 Å². The number of ketones is 1. The molecule has 1 amide bonds. The Bertz CT molecular complexity index is 1830. The van der Waals surface area contributed by atoms with Crippen LogP contribution in [0, 0.1) is 12.7 Å². The fourth-order valence-electron chi connectivity index (χ4n) is 4.14. The molecule has 0 atom stereocenters. The molecule has 0 saturated heterocycles. The highest BCUT2D eigenvalue weighted by Gasteiger charge is 2.22. The molecule has 0 aliphatic carbocycles. The van der Waals surface area contributed by atoms with Crippen molar-refractivity contribution in [3.63, 3.8) is 0 Å². The second-order valence-corrected chi connectivity index (χ2v) is 11.3. The monoisotopic (exact) mass is 560 g/mol. The lowest BCUT2D eigenvalue weighted by Crippen LogP contribution is -2.21. The van der Waals surface area contributed by atoms with Gasteiger partial charge in [0.05, 0.1) is 28.7 Å². The van der Waals surface area contributed by atoms with Crippen LogP contribution >= 0.6 is 11.3 Å². The van der Waals surface area contributed by atoms with Gasteiger partial charge in [0, 0.05) is 17.3 Å². The number of para-hydroxylation sites is 1. The van der Waals surface area contributed by atoms with Crippen molar-refractivity contribution < 1.29 is 22.4 Å². The summed E-state index contributed by atoms with van der Waals surface area (Å²) in [4.78, 5) is 26.3. The number of benzene rings is 2. The van der Waals surface area contributed by atoms with Gasteiger partial charge in [0.1, 0.15) is 10.0 Å². The lowest BCUT2D eigenvalue weighted by Gasteiger charge is -2.10. The number of nitrogens with one attached hydrogen (secondary N) is 2. The van der Waals surface area contributed by atoms with E-state index in [0.717, 1.165) is 11.3 Å². The Labute approximate surface area is 227 Å². The van der Waals surface area contributed by atoms with E-state index >= 15 is 0 Å². The molecule has 0 spiro atoms. The number of halogens is 1. The van der Waals surface area contributed by atoms with Gasteiger partial charge in [-0.2, -0.15) is 5.10 Å². The maximum atomic E-state index is 13.4. The molecule has 3 heterocycles. The second kappa shape index (κ2) is 10.6. The Kier molecular flexibility index (Phi) is 7.09. The van der Waals surface area contributed by atoms with Crippen LogP contribution in [0.15, 0.2) is 99.8 Å². The third-order valence-corrected chi connectivity index (χ3v) is 8.76. The van der Waals surface area contributed by atoms with Gasteiger partial charge in [0.25, 0.3) is 15.9 Å². The van der Waals surface area contributed by atoms with Gasteiger partial charge in [0.15, 0.2) is 0 Å². The van der Waals surface area contributed by atoms with Gasteiger partial charge in [-0.1, -0.05) is 24.3 Å². The van der Waals surface area contributed by atoms with E-state index in [1.165, 1.54) is 48.7 Å². The Hall–Kier alpha value is -4.61. The molecular formula is C28H21FN4O4S2. The normalized spacial score (nSPS) is 11.6. The molecule has 0 aliphatic rings. The van der Waals surface area contributed by atoms with E-state index in [4.69, 9.17) is 0 Å². The number of thiophene rings is 1. The lowest BCUT2D eigenvalue weighted by molar-refractivity contribution is 0.0955. The highest BCUT2D eigenvalue weighted by Crippen LogP contribution is 2.25. The van der Waals surface area contributed by atoms with Crippen molar-refractivity contribution >= 4 is 50.5 Å². The van der Waals surface area contributed by atoms with Crippen molar-refractivity contribution in [3.05, 3.63) is 124 Å². The first-order valence-electron chi connectivity index (χ1n) is 11.6. The van der Waals surface area contributed by atoms with E-state index in [9.17, 15) is 22.4 Å². The number of carbonyl (C=O) groups excluding carboxylic acids is 2. The maximum absolute atomic E-state index is 13.4. The highest BCUT2D eigenvalue weighted by atomic mass is 32.2. The van der Waals surface area contributed by atoms with Crippen molar-refractivity contribution in [2.45, 2.75) is 11.1 Å². The molecule has 2 aromatic carbocycles. The zero-order valence-corrected chi connectivity index (χ0v) is 22.1. The first-order chi connectivity index (χ1) is 18.8. The largest absolute Gasteiger partial charge is 0.313 e. The lowest BCUT2D eigenvalue weighted by atomic mass is 10.0. The minimum Gasteiger partial charge on any atom is -0.313 e. The number of hydrogen-bond donors (Lipinski definition) is 2. The summed E-state index contributed by atoms with van der Waals surface area (Å²) in [5.74, 6) is -1.35. The van der Waals surface area contributed by atoms with E-state index in [1.807, 2.05) is 12.1 Å². The SMILES string of the molecule is Cc1c(/C=N\NC(=O)c2ccccc2NS(=O)(=O)c2cccs2)c2ccccn2c1C(=O)c1ccc(F)cc1. The Morgan fingerprint density at radius 1 is 0.974 bits per heavy atom. The number of fused-ring (bicyclic) bond motifs is 1. The van der Waals surface area contributed by atoms with Gasteiger partial charge in [-0.05, 0) is 72.5 Å². The summed E-state index contributed by atoms with van der Waals surface area (Å²) in [5.41, 5.74) is 5.26. The number of nitrogens with zero attached hydrogens (tertiary/aromatic N) is 2. The van der Waals surface area contributed by atoms with Crippen molar-refractivity contribution in [2.24, 2.45) is 5.10 Å². The number of anilines is 1. The summed E-state index contributed by atoms with van der Waals surface area (Å²) in [7, 11) is -3.86. The van der Waals surface area contributed by atoms with Gasteiger partial charge < -0.3 is 4.40 Å². The van der Waals surface area contributed by atoms with Crippen molar-refractivity contribution in [1.29, 1.82) is 0 Å². The summed E-state index contributed by atoms with van der Waals surface area (Å²) in [6.45, 7) is 1.77. The van der Waals surface area contributed by atoms with Crippen LogP contribution in [0.25, 0.3) is 5.52 Å². The van der Waals surface area contributed by atoms with Gasteiger partial charge >= 0.3 is 0 Å². The molecule has 0 bridgehead atoms. The number of hydrazone groups is 1. The minimum absolute atomic E-state index is 0.0837. The molecule has 5 aromatic rings. The number of amides is 1. The Balaban J connectivity index is 1.42. The summed E-state index contributed by atoms with van der Waals surface area (Å²) < 4.78 is 43.0. The standard InChI is InChI=1S/C28H21FN4O4S2/c1-18-22(24-9-4-5-15-33(24)26(18)27(34)19-11-13-20(29)14-12-19)17-30-31-28(35)21-7-2-3-8-23(21)32-39(36,37)25-10-6-16-38-25/h2-17,32H,1H3,(H,31,35)/b30-17-. The molecule has 0 unspecified atom stereocenters. The predicted octanol–water partition coefficient (Wildman–Crippen LogP) is 5.24. The van der Waals surface area contributed by atoms with Crippen LogP contribution in [0.5, 0.6) is 0 Å². The highest BCUT2D eigenvalue weighted by molar-refractivity contribution is 7.94. The molecule has 11 heteroatoms. The average Bonchev–Trinajstić information content (AvgIpc) is 3.57. The Morgan fingerprint density at radius 2 is 1.72 bits per heavy atom. The molecule has 8 nitrogen and oxygen atoms in total. The van der Waals surface area contributed by atoms with Crippen LogP contribution in [-0.4, -0.2) is 30.7 Å². The van der Waals surface area contributed by atoms with Gasteiger partial charge in [0.2, 0.25) is 5.78 Å². The number of rotatable bonds is 8. The van der Waals surface area contributed by atoms with Crippen LogP contribution in [0.1, 0.15) is 37.5 Å². The Morgan fingerprint density at radius 3 is 2.46 bits per heavy atom. The summed E-state index contributed by atoms with van der Waals surface area (Å²) in [5, 5.41) is 5.75. The molecule has 0 aliphatic heterocycles. The minimum atomic E-state index is -3.86. The first-order valence-corrected chi connectivity index (χ1v) is 14.0. The molecule has 2 N–H and O–H groups in total. The topological polar surface area (TPSA) is 109 Å². The number of hydrogen-bond acceptors (Lipinski definition) is 6. The third-order valence-electron chi connectivity index (χ3n) is 5.99. The summed E-state index contributed by atoms with van der Waals surface area (Å²) >= 11 is 1.06. The average molecular weight is 561 g/mol. The zero-order valence-electron chi connectivity index (χ0n) is 20.5. The molecule has 0 saturated carbocycles. The molecule has 3 aromatic heterocycles. The van der Waals surface area contributed by atoms with Crippen LogP contribution < -0.4 is 10.1 Å². The van der Waals surface area contributed by atoms with Crippen LogP contribution in [-0.2, 0) is 10.0 Å². The second-order valence-electron chi connectivity index (χ2n) is 8.46. The van der Waals surface area contributed by atoms with Crippen LogP contribution in [0.4, 0.5) is 10.1 Å². The molecule has 0 fully saturated rings. The van der Waals surface area contributed by atoms with Gasteiger partial charge in [-0.15, -0.1) is 11.3 Å². The fraction of sp³-hybridized carbons (Fsp3) is 0.0357. The third kappa shape index (κ3) is 5.22. The first kappa shape index (κ1) is 26.0. The van der Waals surface area contributed by atoms with Gasteiger partial charge in [-0.3, -0.25) is 14.3 Å². The fourth-order valence-corrected chi connectivity index (χ4v) is 6.21. The van der Waals surface area contributed by atoms with Crippen molar-refractivity contribution in [1.82, 2.24) is 9.83 Å². The number of carbonyl (C=O) groups is 2.